The number of hydrogen-bond acceptors (Lipinski definition) is 7. The summed E-state index contributed by atoms with van der Waals surface area (Å²) in [7, 11) is 0. The third kappa shape index (κ3) is 2.58. The Bertz CT molecular complexity index is 500. The van der Waals surface area contributed by atoms with Crippen LogP contribution in [0, 0.1) is 16.0 Å². The Morgan fingerprint density at radius 1 is 1.47 bits per heavy atom. The van der Waals surface area contributed by atoms with Crippen LogP contribution >= 0.6 is 0 Å². The molecule has 2 aliphatic rings. The van der Waals surface area contributed by atoms with Crippen LogP contribution in [0.3, 0.4) is 0 Å². The fraction of sp³-hybridized carbons (Fsp3) is 0.636. The number of nitro groups is 1. The number of anilines is 2. The quantitative estimate of drug-likeness (QED) is 0.449. The minimum atomic E-state index is -0.433. The number of nitrogens with zero attached hydrogens (tertiary/aromatic N) is 4. The first kappa shape index (κ1) is 12.1. The zero-order chi connectivity index (χ0) is 13.4. The summed E-state index contributed by atoms with van der Waals surface area (Å²) in [6.07, 6.45) is 5.76. The molecule has 8 heteroatoms. The van der Waals surface area contributed by atoms with Gasteiger partial charge in [0, 0.05) is 12.6 Å². The van der Waals surface area contributed by atoms with Crippen molar-refractivity contribution in [1.29, 1.82) is 0 Å². The molecule has 3 rings (SSSR count). The van der Waals surface area contributed by atoms with Crippen molar-refractivity contribution in [3.8, 4) is 0 Å². The zero-order valence-corrected chi connectivity index (χ0v) is 10.5. The van der Waals surface area contributed by atoms with Gasteiger partial charge in [0.05, 0.1) is 4.92 Å². The number of rotatable bonds is 6. The van der Waals surface area contributed by atoms with Crippen LogP contribution in [-0.4, -0.2) is 27.5 Å². The predicted molar refractivity (Wildman–Crippen MR) is 69.6 cm³/mol. The summed E-state index contributed by atoms with van der Waals surface area (Å²) in [6, 6.07) is 0.375. The Balaban J connectivity index is 1.95. The summed E-state index contributed by atoms with van der Waals surface area (Å²) in [6.45, 7) is 0.840. The average molecular weight is 264 g/mol. The Morgan fingerprint density at radius 2 is 2.21 bits per heavy atom. The molecular formula is C11H16N6O2. The van der Waals surface area contributed by atoms with Gasteiger partial charge in [-0.1, -0.05) is 0 Å². The predicted octanol–water partition coefficient (Wildman–Crippen LogP) is 1.05. The first-order valence-corrected chi connectivity index (χ1v) is 6.43. The summed E-state index contributed by atoms with van der Waals surface area (Å²) in [5.41, 5.74) is 2.30. The minimum absolute atomic E-state index is 0.0495. The molecule has 2 fully saturated rings. The van der Waals surface area contributed by atoms with E-state index in [1.165, 1.54) is 19.0 Å². The molecule has 0 atom stereocenters. The van der Waals surface area contributed by atoms with Crippen molar-refractivity contribution < 1.29 is 4.92 Å². The van der Waals surface area contributed by atoms with Crippen molar-refractivity contribution in [2.24, 2.45) is 11.8 Å². The van der Waals surface area contributed by atoms with E-state index in [0.29, 0.717) is 17.8 Å². The van der Waals surface area contributed by atoms with E-state index in [4.69, 9.17) is 5.84 Å². The second-order valence-electron chi connectivity index (χ2n) is 5.13. The molecule has 0 aliphatic heterocycles. The lowest BCUT2D eigenvalue weighted by Gasteiger charge is -2.23. The van der Waals surface area contributed by atoms with Gasteiger partial charge in [-0.05, 0) is 31.6 Å². The van der Waals surface area contributed by atoms with Gasteiger partial charge in [-0.2, -0.15) is 4.98 Å². The van der Waals surface area contributed by atoms with Gasteiger partial charge in [-0.15, -0.1) is 0 Å². The van der Waals surface area contributed by atoms with Crippen molar-refractivity contribution in [2.75, 3.05) is 16.9 Å². The van der Waals surface area contributed by atoms with Crippen molar-refractivity contribution in [3.05, 3.63) is 16.3 Å². The first-order chi connectivity index (χ1) is 9.19. The molecule has 0 aromatic carbocycles. The molecule has 2 aliphatic carbocycles. The molecule has 102 valence electrons. The molecule has 19 heavy (non-hydrogen) atoms. The van der Waals surface area contributed by atoms with E-state index in [1.807, 2.05) is 0 Å². The second-order valence-corrected chi connectivity index (χ2v) is 5.13. The highest BCUT2D eigenvalue weighted by Crippen LogP contribution is 2.39. The minimum Gasteiger partial charge on any atom is -0.347 e. The summed E-state index contributed by atoms with van der Waals surface area (Å²) >= 11 is 0. The second kappa shape index (κ2) is 4.61. The Kier molecular flexibility index (Phi) is 2.94. The Labute approximate surface area is 110 Å². The van der Waals surface area contributed by atoms with Crippen LogP contribution in [-0.2, 0) is 0 Å². The van der Waals surface area contributed by atoms with Gasteiger partial charge in [0.15, 0.2) is 0 Å². The normalized spacial score (nSPS) is 18.2. The van der Waals surface area contributed by atoms with E-state index in [-0.39, 0.29) is 11.6 Å². The summed E-state index contributed by atoms with van der Waals surface area (Å²) in [5.74, 6) is 6.53. The molecule has 2 saturated carbocycles. The van der Waals surface area contributed by atoms with Crippen molar-refractivity contribution in [2.45, 2.75) is 31.7 Å². The van der Waals surface area contributed by atoms with Crippen LogP contribution in [0.25, 0.3) is 0 Å². The maximum atomic E-state index is 11.1. The van der Waals surface area contributed by atoms with Crippen molar-refractivity contribution in [1.82, 2.24) is 9.97 Å². The van der Waals surface area contributed by atoms with Crippen LogP contribution < -0.4 is 16.2 Å². The summed E-state index contributed by atoms with van der Waals surface area (Å²) < 4.78 is 0. The molecule has 1 heterocycles. The van der Waals surface area contributed by atoms with Crippen molar-refractivity contribution >= 4 is 17.5 Å². The third-order valence-corrected chi connectivity index (χ3v) is 3.49. The van der Waals surface area contributed by atoms with E-state index in [0.717, 1.165) is 19.4 Å². The maximum Gasteiger partial charge on any atom is 0.329 e. The standard InChI is InChI=1S/C11H16N6O2/c12-15-11-13-5-9(17(18)19)10(14-11)16(8-3-4-8)6-7-1-2-7/h5,7-8H,1-4,6,12H2,(H,13,14,15). The number of hydrogen-bond donors (Lipinski definition) is 2. The molecule has 1 aromatic heterocycles. The van der Waals surface area contributed by atoms with Crippen LogP contribution in [0.15, 0.2) is 6.20 Å². The van der Waals surface area contributed by atoms with Gasteiger partial charge in [-0.25, -0.2) is 10.8 Å². The third-order valence-electron chi connectivity index (χ3n) is 3.49. The fourth-order valence-electron chi connectivity index (χ4n) is 2.15. The lowest BCUT2D eigenvalue weighted by molar-refractivity contribution is -0.384. The van der Waals surface area contributed by atoms with E-state index in [2.05, 4.69) is 20.3 Å². The molecule has 0 saturated heterocycles. The van der Waals surface area contributed by atoms with E-state index in [1.54, 1.807) is 0 Å². The highest BCUT2D eigenvalue weighted by molar-refractivity contribution is 5.60. The molecule has 0 bridgehead atoms. The lowest BCUT2D eigenvalue weighted by Crippen LogP contribution is -2.30. The highest BCUT2D eigenvalue weighted by Gasteiger charge is 2.37. The SMILES string of the molecule is NNc1ncc([N+](=O)[O-])c(N(CC2CC2)C2CC2)n1. The average Bonchev–Trinajstić information content (AvgIpc) is 3.27. The van der Waals surface area contributed by atoms with Gasteiger partial charge in [0.2, 0.25) is 11.8 Å². The zero-order valence-electron chi connectivity index (χ0n) is 10.5. The molecule has 0 radical (unpaired) electrons. The number of nitrogens with one attached hydrogen (secondary N) is 1. The number of nitrogen functional groups attached to an aromatic ring is 1. The molecule has 8 nitrogen and oxygen atoms in total. The molecule has 0 amide bonds. The summed E-state index contributed by atoms with van der Waals surface area (Å²) in [5, 5.41) is 11.1. The van der Waals surface area contributed by atoms with Gasteiger partial charge in [0.25, 0.3) is 0 Å². The van der Waals surface area contributed by atoms with Crippen LogP contribution in [0.5, 0.6) is 0 Å². The largest absolute Gasteiger partial charge is 0.347 e. The topological polar surface area (TPSA) is 110 Å². The molecule has 0 unspecified atom stereocenters. The van der Waals surface area contributed by atoms with Gasteiger partial charge in [-0.3, -0.25) is 15.5 Å². The van der Waals surface area contributed by atoms with E-state index in [9.17, 15) is 10.1 Å². The number of aromatic nitrogens is 2. The molecule has 3 N–H and O–H groups in total. The smallest absolute Gasteiger partial charge is 0.329 e. The van der Waals surface area contributed by atoms with Crippen LogP contribution in [0.4, 0.5) is 17.5 Å². The highest BCUT2D eigenvalue weighted by atomic mass is 16.6. The first-order valence-electron chi connectivity index (χ1n) is 6.43. The Morgan fingerprint density at radius 3 is 2.74 bits per heavy atom. The molecule has 0 spiro atoms. The fourth-order valence-corrected chi connectivity index (χ4v) is 2.15. The van der Waals surface area contributed by atoms with Gasteiger partial charge in [0.1, 0.15) is 6.20 Å². The lowest BCUT2D eigenvalue weighted by atomic mass is 10.3. The number of nitrogens with two attached hydrogens (primary N) is 1. The van der Waals surface area contributed by atoms with E-state index >= 15 is 0 Å². The van der Waals surface area contributed by atoms with Crippen molar-refractivity contribution in [3.63, 3.8) is 0 Å². The van der Waals surface area contributed by atoms with Gasteiger partial charge >= 0.3 is 5.69 Å². The molecular weight excluding hydrogens is 248 g/mol. The monoisotopic (exact) mass is 264 g/mol. The van der Waals surface area contributed by atoms with Crippen LogP contribution in [0.2, 0.25) is 0 Å². The Hall–Kier alpha value is -1.96. The summed E-state index contributed by atoms with van der Waals surface area (Å²) in [4.78, 5) is 20.8. The maximum absolute atomic E-state index is 11.1. The number of hydrazine groups is 1. The molecule has 1 aromatic rings. The van der Waals surface area contributed by atoms with Crippen LogP contribution in [0.1, 0.15) is 25.7 Å². The van der Waals surface area contributed by atoms with Gasteiger partial charge < -0.3 is 4.90 Å². The van der Waals surface area contributed by atoms with E-state index < -0.39 is 4.92 Å².